The summed E-state index contributed by atoms with van der Waals surface area (Å²) in [5.74, 6) is 2.97. The molecule has 0 amide bonds. The monoisotopic (exact) mass is 228 g/mol. The Hall–Kier alpha value is -0.850. The Morgan fingerprint density at radius 3 is 2.75 bits per heavy atom. The summed E-state index contributed by atoms with van der Waals surface area (Å²) in [6.45, 7) is 6.69. The summed E-state index contributed by atoms with van der Waals surface area (Å²) in [7, 11) is 2.04. The Morgan fingerprint density at radius 2 is 2.25 bits per heavy atom. The predicted octanol–water partition coefficient (Wildman–Crippen LogP) is 1.78. The summed E-state index contributed by atoms with van der Waals surface area (Å²) in [5.41, 5.74) is 0. The van der Waals surface area contributed by atoms with Crippen molar-refractivity contribution >= 4 is 5.78 Å². The second-order valence-electron chi connectivity index (χ2n) is 3.77. The molecule has 96 valence electrons. The lowest BCUT2D eigenvalue weighted by atomic mass is 10.1. The van der Waals surface area contributed by atoms with E-state index in [0.29, 0.717) is 12.2 Å². The van der Waals surface area contributed by atoms with Gasteiger partial charge in [0, 0.05) is 28.8 Å². The van der Waals surface area contributed by atoms with Gasteiger partial charge in [-0.1, -0.05) is 13.8 Å². The number of rotatable bonds is 5. The highest BCUT2D eigenvalue weighted by molar-refractivity contribution is 5.86. The van der Waals surface area contributed by atoms with Gasteiger partial charge in [0.1, 0.15) is 0 Å². The minimum atomic E-state index is 0. The molecule has 1 aliphatic heterocycles. The van der Waals surface area contributed by atoms with Crippen molar-refractivity contribution in [2.75, 3.05) is 26.7 Å². The maximum Gasteiger partial charge on any atom is 0.151 e. The summed E-state index contributed by atoms with van der Waals surface area (Å²) < 4.78 is 0. The molecule has 1 atom stereocenters. The van der Waals surface area contributed by atoms with E-state index in [1.807, 2.05) is 20.9 Å². The summed E-state index contributed by atoms with van der Waals surface area (Å²) in [6, 6.07) is 0.0864. The third-order valence-corrected chi connectivity index (χ3v) is 2.59. The van der Waals surface area contributed by atoms with Gasteiger partial charge < -0.3 is 10.2 Å². The maximum atomic E-state index is 11.3. The van der Waals surface area contributed by atoms with Crippen LogP contribution in [0.5, 0.6) is 0 Å². The second kappa shape index (κ2) is 9.38. The first-order chi connectivity index (χ1) is 7.74. The highest BCUT2D eigenvalue weighted by Gasteiger charge is 2.23. The first-order valence-corrected chi connectivity index (χ1v) is 6.12. The number of hydrogen-bond donors (Lipinski definition) is 1. The number of Topliss-reactive ketones (excluding diaryl/α,β-unsaturated/α-hetero) is 1. The molecule has 3 heteroatoms. The van der Waals surface area contributed by atoms with Crippen molar-refractivity contribution in [1.29, 1.82) is 0 Å². The average molecular weight is 228 g/mol. The minimum absolute atomic E-state index is 0. The normalized spacial score (nSPS) is 19.2. The number of hydrogen-bond acceptors (Lipinski definition) is 3. The van der Waals surface area contributed by atoms with Gasteiger partial charge in [-0.2, -0.15) is 0 Å². The van der Waals surface area contributed by atoms with E-state index < -0.39 is 0 Å². The Kier molecular flexibility index (Phi) is 8.88. The second-order valence-corrected chi connectivity index (χ2v) is 3.77. The van der Waals surface area contributed by atoms with Gasteiger partial charge in [-0.05, 0) is 20.0 Å². The summed E-state index contributed by atoms with van der Waals surface area (Å²) in [6.07, 6.45) is 7.55. The van der Waals surface area contributed by atoms with Crippen molar-refractivity contribution in [2.45, 2.75) is 39.2 Å². The molecule has 0 aliphatic carbocycles. The Morgan fingerprint density at radius 1 is 1.56 bits per heavy atom. The molecule has 0 spiro atoms. The van der Waals surface area contributed by atoms with Crippen molar-refractivity contribution in [3.05, 3.63) is 0 Å². The lowest BCUT2D eigenvalue weighted by Crippen LogP contribution is -2.32. The molecule has 0 bridgehead atoms. The zero-order chi connectivity index (χ0) is 12.4. The van der Waals surface area contributed by atoms with Crippen LogP contribution >= 0.6 is 0 Å². The summed E-state index contributed by atoms with van der Waals surface area (Å²) in [5, 5.41) is 3.20. The number of carbonyl (C=O) groups is 1. The van der Waals surface area contributed by atoms with Gasteiger partial charge in [-0.25, -0.2) is 0 Å². The van der Waals surface area contributed by atoms with Crippen LogP contribution < -0.4 is 5.32 Å². The molecule has 1 aliphatic rings. The van der Waals surface area contributed by atoms with Gasteiger partial charge in [0.2, 0.25) is 0 Å². The molecule has 1 unspecified atom stereocenters. The SMILES string of the molecule is C#CCCN(C)CCC1NCCC1=O.CC.[HH].[HH]. The molecule has 1 N–H and O–H groups in total. The van der Waals surface area contributed by atoms with E-state index in [1.165, 1.54) is 0 Å². The standard InChI is InChI=1S/C11H18N2O.C2H6.2H2/c1-3-4-8-13(2)9-6-10-11(14)5-7-12-10;1-2;;/h1,10,12H,4-9H2,2H3;1-2H3;2*1H. The predicted molar refractivity (Wildman–Crippen MR) is 72.6 cm³/mol. The van der Waals surface area contributed by atoms with E-state index in [2.05, 4.69) is 16.1 Å². The van der Waals surface area contributed by atoms with Crippen LogP contribution in [0.1, 0.15) is 36.0 Å². The minimum Gasteiger partial charge on any atom is -0.307 e. The molecule has 1 fully saturated rings. The highest BCUT2D eigenvalue weighted by atomic mass is 16.1. The Balaban J connectivity index is -0.000000534. The fourth-order valence-electron chi connectivity index (χ4n) is 1.64. The number of terminal acetylenes is 1. The van der Waals surface area contributed by atoms with Gasteiger partial charge in [-0.3, -0.25) is 4.79 Å². The Bertz CT molecular complexity index is 242. The van der Waals surface area contributed by atoms with E-state index >= 15 is 0 Å². The lowest BCUT2D eigenvalue weighted by Gasteiger charge is -2.17. The van der Waals surface area contributed by atoms with Crippen LogP contribution in [-0.4, -0.2) is 43.4 Å². The van der Waals surface area contributed by atoms with Crippen molar-refractivity contribution < 1.29 is 7.65 Å². The fourth-order valence-corrected chi connectivity index (χ4v) is 1.64. The maximum absolute atomic E-state index is 11.3. The van der Waals surface area contributed by atoms with Crippen LogP contribution in [0.3, 0.4) is 0 Å². The van der Waals surface area contributed by atoms with E-state index in [-0.39, 0.29) is 8.90 Å². The molecule has 1 rings (SSSR count). The third-order valence-electron chi connectivity index (χ3n) is 2.59. The van der Waals surface area contributed by atoms with Crippen LogP contribution in [0.25, 0.3) is 0 Å². The summed E-state index contributed by atoms with van der Waals surface area (Å²) in [4.78, 5) is 13.5. The van der Waals surface area contributed by atoms with E-state index in [4.69, 9.17) is 6.42 Å². The fraction of sp³-hybridized carbons (Fsp3) is 0.769. The molecule has 0 aromatic heterocycles. The lowest BCUT2D eigenvalue weighted by molar-refractivity contribution is -0.118. The molecule has 0 aromatic rings. The molecule has 0 saturated carbocycles. The van der Waals surface area contributed by atoms with Crippen LogP contribution in [-0.2, 0) is 4.79 Å². The van der Waals surface area contributed by atoms with Crippen molar-refractivity contribution in [3.63, 3.8) is 0 Å². The molecule has 3 nitrogen and oxygen atoms in total. The highest BCUT2D eigenvalue weighted by Crippen LogP contribution is 2.05. The number of nitrogens with zero attached hydrogens (tertiary/aromatic N) is 1. The first-order valence-electron chi connectivity index (χ1n) is 6.12. The van der Waals surface area contributed by atoms with E-state index in [0.717, 1.165) is 32.5 Å². The van der Waals surface area contributed by atoms with Gasteiger partial charge in [0.05, 0.1) is 6.04 Å². The quantitative estimate of drug-likeness (QED) is 0.728. The van der Waals surface area contributed by atoms with Crippen molar-refractivity contribution in [1.82, 2.24) is 10.2 Å². The molecule has 1 heterocycles. The molecular formula is C13H28N2O. The largest absolute Gasteiger partial charge is 0.307 e. The van der Waals surface area contributed by atoms with Gasteiger partial charge in [0.15, 0.2) is 5.78 Å². The van der Waals surface area contributed by atoms with Gasteiger partial charge in [0.25, 0.3) is 0 Å². The third kappa shape index (κ3) is 5.89. The zero-order valence-corrected chi connectivity index (χ0v) is 10.8. The Labute approximate surface area is 103 Å². The topological polar surface area (TPSA) is 32.3 Å². The number of carbonyl (C=O) groups excluding carboxylic acids is 1. The number of nitrogens with one attached hydrogen (secondary N) is 1. The summed E-state index contributed by atoms with van der Waals surface area (Å²) >= 11 is 0. The van der Waals surface area contributed by atoms with Crippen molar-refractivity contribution in [3.8, 4) is 12.3 Å². The molecule has 1 saturated heterocycles. The first kappa shape index (κ1) is 15.2. The van der Waals surface area contributed by atoms with Crippen LogP contribution in [0.2, 0.25) is 0 Å². The van der Waals surface area contributed by atoms with Crippen molar-refractivity contribution in [2.24, 2.45) is 0 Å². The van der Waals surface area contributed by atoms with Crippen LogP contribution in [0.4, 0.5) is 0 Å². The molecular weight excluding hydrogens is 200 g/mol. The van der Waals surface area contributed by atoms with E-state index in [1.54, 1.807) is 0 Å². The molecule has 0 radical (unpaired) electrons. The average Bonchev–Trinajstić information content (AvgIpc) is 2.72. The smallest absolute Gasteiger partial charge is 0.151 e. The van der Waals surface area contributed by atoms with E-state index in [9.17, 15) is 4.79 Å². The van der Waals surface area contributed by atoms with Gasteiger partial charge >= 0.3 is 0 Å². The number of ketones is 1. The molecule has 0 aromatic carbocycles. The van der Waals surface area contributed by atoms with Gasteiger partial charge in [-0.15, -0.1) is 12.3 Å². The van der Waals surface area contributed by atoms with Crippen LogP contribution in [0.15, 0.2) is 0 Å². The molecule has 16 heavy (non-hydrogen) atoms. The van der Waals surface area contributed by atoms with Crippen LogP contribution in [0, 0.1) is 12.3 Å². The zero-order valence-electron chi connectivity index (χ0n) is 10.8.